The standard InChI is InChI=1S/C12H18N2OS/c1-8-7-12(13,5-6-15-8)11-14-9-3-2-4-10(9)16-11/h8H,2-7,13H2,1H3. The fourth-order valence-electron chi connectivity index (χ4n) is 2.71. The molecule has 0 aromatic carbocycles. The van der Waals surface area contributed by atoms with Crippen molar-refractivity contribution in [3.8, 4) is 0 Å². The molecule has 2 aliphatic rings. The van der Waals surface area contributed by atoms with Gasteiger partial charge in [-0.2, -0.15) is 0 Å². The zero-order chi connectivity index (χ0) is 11.2. The van der Waals surface area contributed by atoms with Crippen LogP contribution in [0.3, 0.4) is 0 Å². The molecule has 2 heterocycles. The fourth-order valence-corrected chi connectivity index (χ4v) is 4.00. The Kier molecular flexibility index (Phi) is 2.53. The average Bonchev–Trinajstić information content (AvgIpc) is 2.75. The van der Waals surface area contributed by atoms with Crippen LogP contribution >= 0.6 is 11.3 Å². The quantitative estimate of drug-likeness (QED) is 0.814. The van der Waals surface area contributed by atoms with Crippen molar-refractivity contribution >= 4 is 11.3 Å². The van der Waals surface area contributed by atoms with Crippen molar-refractivity contribution in [2.24, 2.45) is 5.73 Å². The monoisotopic (exact) mass is 238 g/mol. The maximum Gasteiger partial charge on any atom is 0.113 e. The predicted octanol–water partition coefficient (Wildman–Crippen LogP) is 1.98. The van der Waals surface area contributed by atoms with Gasteiger partial charge in [0.05, 0.1) is 17.3 Å². The van der Waals surface area contributed by atoms with Crippen molar-refractivity contribution in [2.75, 3.05) is 6.61 Å². The van der Waals surface area contributed by atoms with Gasteiger partial charge in [0.2, 0.25) is 0 Å². The summed E-state index contributed by atoms with van der Waals surface area (Å²) < 4.78 is 5.57. The van der Waals surface area contributed by atoms with Crippen LogP contribution in [0.5, 0.6) is 0 Å². The van der Waals surface area contributed by atoms with E-state index in [-0.39, 0.29) is 11.6 Å². The lowest BCUT2D eigenvalue weighted by atomic mass is 9.89. The van der Waals surface area contributed by atoms with E-state index in [4.69, 9.17) is 15.5 Å². The Labute approximate surface area is 100 Å². The van der Waals surface area contributed by atoms with Gasteiger partial charge in [0, 0.05) is 11.5 Å². The lowest BCUT2D eigenvalue weighted by Gasteiger charge is -2.35. The molecule has 0 spiro atoms. The van der Waals surface area contributed by atoms with E-state index in [1.54, 1.807) is 0 Å². The van der Waals surface area contributed by atoms with Gasteiger partial charge in [-0.3, -0.25) is 0 Å². The van der Waals surface area contributed by atoms with E-state index < -0.39 is 0 Å². The number of hydrogen-bond donors (Lipinski definition) is 1. The molecule has 1 aliphatic heterocycles. The van der Waals surface area contributed by atoms with Crippen molar-refractivity contribution < 1.29 is 4.74 Å². The van der Waals surface area contributed by atoms with Crippen LogP contribution in [0, 0.1) is 0 Å². The minimum absolute atomic E-state index is 0.229. The van der Waals surface area contributed by atoms with Crippen molar-refractivity contribution in [2.45, 2.75) is 50.7 Å². The third-order valence-electron chi connectivity index (χ3n) is 3.62. The fraction of sp³-hybridized carbons (Fsp3) is 0.750. The molecule has 1 saturated heterocycles. The molecule has 4 heteroatoms. The highest BCUT2D eigenvalue weighted by Gasteiger charge is 2.37. The molecule has 88 valence electrons. The van der Waals surface area contributed by atoms with Crippen molar-refractivity contribution in [1.29, 1.82) is 0 Å². The summed E-state index contributed by atoms with van der Waals surface area (Å²) in [5.74, 6) is 0. The SMILES string of the molecule is CC1CC(N)(c2nc3c(s2)CCC3)CCO1. The summed E-state index contributed by atoms with van der Waals surface area (Å²) in [6.45, 7) is 2.87. The zero-order valence-corrected chi connectivity index (χ0v) is 10.5. The van der Waals surface area contributed by atoms with Crippen LogP contribution in [0.15, 0.2) is 0 Å². The normalized spacial score (nSPS) is 34.0. The number of ether oxygens (including phenoxy) is 1. The van der Waals surface area contributed by atoms with Gasteiger partial charge in [0.1, 0.15) is 5.01 Å². The molecule has 2 unspecified atom stereocenters. The van der Waals surface area contributed by atoms with Crippen LogP contribution in [0.4, 0.5) is 0 Å². The number of aryl methyl sites for hydroxylation is 2. The van der Waals surface area contributed by atoms with Gasteiger partial charge in [-0.1, -0.05) is 0 Å². The van der Waals surface area contributed by atoms with Crippen LogP contribution in [0.1, 0.15) is 41.8 Å². The second-order valence-corrected chi connectivity index (χ2v) is 6.12. The van der Waals surface area contributed by atoms with Crippen LogP contribution in [-0.4, -0.2) is 17.7 Å². The maximum atomic E-state index is 6.50. The predicted molar refractivity (Wildman–Crippen MR) is 64.7 cm³/mol. The summed E-state index contributed by atoms with van der Waals surface area (Å²) >= 11 is 1.84. The summed E-state index contributed by atoms with van der Waals surface area (Å²) in [4.78, 5) is 6.23. The summed E-state index contributed by atoms with van der Waals surface area (Å²) in [5.41, 5.74) is 7.58. The molecule has 3 nitrogen and oxygen atoms in total. The third kappa shape index (κ3) is 1.69. The highest BCUT2D eigenvalue weighted by molar-refractivity contribution is 7.12. The van der Waals surface area contributed by atoms with Crippen LogP contribution in [0.25, 0.3) is 0 Å². The minimum atomic E-state index is -0.229. The second-order valence-electron chi connectivity index (χ2n) is 5.03. The number of hydrogen-bond acceptors (Lipinski definition) is 4. The van der Waals surface area contributed by atoms with Crippen LogP contribution in [0.2, 0.25) is 0 Å². The van der Waals surface area contributed by atoms with E-state index in [2.05, 4.69) is 6.92 Å². The molecular weight excluding hydrogens is 220 g/mol. The lowest BCUT2D eigenvalue weighted by molar-refractivity contribution is -0.00895. The van der Waals surface area contributed by atoms with Crippen molar-refractivity contribution in [1.82, 2.24) is 4.98 Å². The second kappa shape index (κ2) is 3.79. The summed E-state index contributed by atoms with van der Waals surface area (Å²) in [7, 11) is 0. The molecule has 3 rings (SSSR count). The Balaban J connectivity index is 1.89. The van der Waals surface area contributed by atoms with Gasteiger partial charge in [-0.15, -0.1) is 11.3 Å². The van der Waals surface area contributed by atoms with E-state index >= 15 is 0 Å². The molecule has 2 atom stereocenters. The molecule has 0 saturated carbocycles. The number of rotatable bonds is 1. The van der Waals surface area contributed by atoms with Gasteiger partial charge in [-0.05, 0) is 39.0 Å². The van der Waals surface area contributed by atoms with E-state index in [1.165, 1.54) is 23.4 Å². The third-order valence-corrected chi connectivity index (χ3v) is 5.00. The smallest absolute Gasteiger partial charge is 0.113 e. The molecule has 1 aliphatic carbocycles. The molecule has 0 amide bonds. The Bertz CT molecular complexity index is 382. The Morgan fingerprint density at radius 2 is 2.38 bits per heavy atom. The first-order valence-electron chi connectivity index (χ1n) is 6.07. The lowest BCUT2D eigenvalue weighted by Crippen LogP contribution is -2.44. The molecule has 0 bridgehead atoms. The van der Waals surface area contributed by atoms with E-state index in [0.29, 0.717) is 0 Å². The number of thiazole rings is 1. The first-order chi connectivity index (χ1) is 7.67. The van der Waals surface area contributed by atoms with Crippen LogP contribution < -0.4 is 5.73 Å². The minimum Gasteiger partial charge on any atom is -0.378 e. The largest absolute Gasteiger partial charge is 0.378 e. The first kappa shape index (κ1) is 10.7. The number of nitrogens with zero attached hydrogens (tertiary/aromatic N) is 1. The summed E-state index contributed by atoms with van der Waals surface area (Å²) in [6.07, 6.45) is 5.69. The van der Waals surface area contributed by atoms with E-state index in [0.717, 1.165) is 30.9 Å². The van der Waals surface area contributed by atoms with Gasteiger partial charge in [0.15, 0.2) is 0 Å². The summed E-state index contributed by atoms with van der Waals surface area (Å²) in [5, 5.41) is 1.15. The van der Waals surface area contributed by atoms with Crippen molar-refractivity contribution in [3.05, 3.63) is 15.6 Å². The molecular formula is C12H18N2OS. The van der Waals surface area contributed by atoms with Gasteiger partial charge >= 0.3 is 0 Å². The van der Waals surface area contributed by atoms with Gasteiger partial charge < -0.3 is 10.5 Å². The highest BCUT2D eigenvalue weighted by atomic mass is 32.1. The summed E-state index contributed by atoms with van der Waals surface area (Å²) in [6, 6.07) is 0. The molecule has 1 fully saturated rings. The van der Waals surface area contributed by atoms with Crippen LogP contribution in [-0.2, 0) is 23.1 Å². The Hall–Kier alpha value is -0.450. The number of nitrogens with two attached hydrogens (primary N) is 1. The van der Waals surface area contributed by atoms with E-state index in [1.807, 2.05) is 11.3 Å². The topological polar surface area (TPSA) is 48.1 Å². The highest BCUT2D eigenvalue weighted by Crippen LogP contribution is 2.38. The molecule has 1 aromatic rings. The first-order valence-corrected chi connectivity index (χ1v) is 6.88. The number of aromatic nitrogens is 1. The maximum absolute atomic E-state index is 6.50. The molecule has 1 aromatic heterocycles. The Morgan fingerprint density at radius 3 is 3.12 bits per heavy atom. The molecule has 16 heavy (non-hydrogen) atoms. The van der Waals surface area contributed by atoms with Crippen molar-refractivity contribution in [3.63, 3.8) is 0 Å². The number of fused-ring (bicyclic) bond motifs is 1. The van der Waals surface area contributed by atoms with E-state index in [9.17, 15) is 0 Å². The Morgan fingerprint density at radius 1 is 1.50 bits per heavy atom. The van der Waals surface area contributed by atoms with Gasteiger partial charge in [0.25, 0.3) is 0 Å². The zero-order valence-electron chi connectivity index (χ0n) is 9.66. The molecule has 0 radical (unpaired) electrons. The van der Waals surface area contributed by atoms with Gasteiger partial charge in [-0.25, -0.2) is 4.98 Å². The molecule has 2 N–H and O–H groups in total. The average molecular weight is 238 g/mol.